The maximum Gasteiger partial charge on any atom is 0.0541 e. The first kappa shape index (κ1) is 36.3. The third-order valence-corrected chi connectivity index (χ3v) is 16.5. The second-order valence-electron chi connectivity index (χ2n) is 18.8. The largest absolute Gasteiger partial charge is 0.311 e. The number of thiophene rings is 1. The Morgan fingerprint density at radius 1 is 0.500 bits per heavy atom. The number of hydrogen-bond acceptors (Lipinski definition) is 2. The molecule has 0 spiro atoms. The van der Waals surface area contributed by atoms with Gasteiger partial charge in [0.2, 0.25) is 0 Å². The zero-order valence-electron chi connectivity index (χ0n) is 35.0. The van der Waals surface area contributed by atoms with Gasteiger partial charge >= 0.3 is 0 Å². The molecule has 3 saturated carbocycles. The summed E-state index contributed by atoms with van der Waals surface area (Å²) in [6, 6.07) is 70.4. The minimum Gasteiger partial charge on any atom is -0.311 e. The summed E-state index contributed by atoms with van der Waals surface area (Å²) in [5, 5.41) is 5.24. The molecule has 3 unspecified atom stereocenters. The van der Waals surface area contributed by atoms with Crippen LogP contribution in [0.5, 0.6) is 0 Å². The van der Waals surface area contributed by atoms with Gasteiger partial charge in [0.15, 0.2) is 0 Å². The molecule has 3 heteroatoms. The van der Waals surface area contributed by atoms with Gasteiger partial charge in [0, 0.05) is 53.7 Å². The molecular weight excluding hydrogens is 769 g/mol. The first-order valence-corrected chi connectivity index (χ1v) is 23.5. The highest BCUT2D eigenvalue weighted by Gasteiger charge is 2.57. The summed E-state index contributed by atoms with van der Waals surface area (Å²) >= 11 is 1.90. The molecule has 13 rings (SSSR count). The molecule has 2 bridgehead atoms. The number of para-hydroxylation sites is 2. The molecule has 300 valence electrons. The summed E-state index contributed by atoms with van der Waals surface area (Å²) < 4.78 is 5.10. The van der Waals surface area contributed by atoms with E-state index in [0.717, 1.165) is 35.0 Å². The standard InChI is InChI=1S/C59H48N2S/c1-38-32-42-33-43-36-59(35-38,37-54(42)43)44-24-30-47(31-25-44)60(46-28-22-40(23-29-46)49-15-9-16-53-52-14-4-7-19-57(52)62-58(49)53)45-26-20-39(21-27-45)41-10-8-11-48(34-41)61-55-17-5-2-12-50(55)51-13-3-6-18-56(51)61/h2-31,34,38,42-43,54H,32-33,35-37H2,1H3/t38-,42?,43?,54+,59?/m0/s1. The van der Waals surface area contributed by atoms with Gasteiger partial charge in [-0.05, 0) is 156 Å². The van der Waals surface area contributed by atoms with Crippen LogP contribution in [0.15, 0.2) is 188 Å². The third-order valence-electron chi connectivity index (χ3n) is 15.3. The first-order chi connectivity index (χ1) is 30.6. The number of rotatable bonds is 7. The Balaban J connectivity index is 0.879. The lowest BCUT2D eigenvalue weighted by molar-refractivity contribution is 0.0780. The number of benzene rings is 8. The van der Waals surface area contributed by atoms with Gasteiger partial charge in [-0.2, -0.15) is 0 Å². The van der Waals surface area contributed by atoms with E-state index in [1.54, 1.807) is 5.56 Å². The molecule has 62 heavy (non-hydrogen) atoms. The Labute approximate surface area is 367 Å². The highest BCUT2D eigenvalue weighted by atomic mass is 32.1. The molecule has 0 saturated heterocycles. The van der Waals surface area contributed by atoms with Crippen molar-refractivity contribution in [1.29, 1.82) is 0 Å². The summed E-state index contributed by atoms with van der Waals surface area (Å²) in [4.78, 5) is 2.45. The summed E-state index contributed by atoms with van der Waals surface area (Å²) in [5.74, 6) is 3.68. The van der Waals surface area contributed by atoms with Crippen molar-refractivity contribution in [2.75, 3.05) is 4.90 Å². The molecule has 10 aromatic rings. The molecule has 3 aliphatic carbocycles. The smallest absolute Gasteiger partial charge is 0.0541 e. The fraction of sp³-hybridized carbons (Fsp3) is 0.186. The topological polar surface area (TPSA) is 8.17 Å². The second kappa shape index (κ2) is 14.1. The first-order valence-electron chi connectivity index (χ1n) is 22.7. The SMILES string of the molecule is C[C@H]1CC2CC3CC(c4ccc(N(c5ccc(-c6cccc(-n7c8ccccc8c8ccccc87)c6)cc5)c5ccc(-c6cccc7c6sc6ccccc67)cc5)cc4)(C1)C[C@H]23. The van der Waals surface area contributed by atoms with Crippen LogP contribution in [-0.2, 0) is 5.41 Å². The van der Waals surface area contributed by atoms with Crippen molar-refractivity contribution in [1.82, 2.24) is 4.57 Å². The minimum absolute atomic E-state index is 0.341. The molecular formula is C59H48N2S. The number of fused-ring (bicyclic) bond motifs is 7. The van der Waals surface area contributed by atoms with Crippen LogP contribution in [0, 0.1) is 23.7 Å². The van der Waals surface area contributed by atoms with Crippen LogP contribution < -0.4 is 4.90 Å². The lowest BCUT2D eigenvalue weighted by Crippen LogP contribution is -2.34. The van der Waals surface area contributed by atoms with Gasteiger partial charge in [-0.25, -0.2) is 0 Å². The Hall–Kier alpha value is -6.42. The Bertz CT molecular complexity index is 3260. The monoisotopic (exact) mass is 816 g/mol. The molecule has 0 N–H and O–H groups in total. The zero-order chi connectivity index (χ0) is 40.9. The van der Waals surface area contributed by atoms with Gasteiger partial charge in [-0.3, -0.25) is 0 Å². The normalized spacial score (nSPS) is 21.7. The predicted octanol–water partition coefficient (Wildman–Crippen LogP) is 16.7. The van der Waals surface area contributed by atoms with Gasteiger partial charge in [-0.1, -0.05) is 128 Å². The van der Waals surface area contributed by atoms with E-state index >= 15 is 0 Å². The maximum atomic E-state index is 2.52. The van der Waals surface area contributed by atoms with Gasteiger partial charge in [0.1, 0.15) is 0 Å². The van der Waals surface area contributed by atoms with Gasteiger partial charge in [0.25, 0.3) is 0 Å². The molecule has 3 fully saturated rings. The van der Waals surface area contributed by atoms with Crippen molar-refractivity contribution in [2.45, 2.75) is 44.4 Å². The fourth-order valence-corrected chi connectivity index (χ4v) is 13.8. The molecule has 0 aliphatic heterocycles. The fourth-order valence-electron chi connectivity index (χ4n) is 12.6. The summed E-state index contributed by atoms with van der Waals surface area (Å²) in [5.41, 5.74) is 14.0. The van der Waals surface area contributed by atoms with Crippen molar-refractivity contribution in [3.63, 3.8) is 0 Å². The third kappa shape index (κ3) is 5.67. The molecule has 2 nitrogen and oxygen atoms in total. The van der Waals surface area contributed by atoms with Crippen LogP contribution in [0.3, 0.4) is 0 Å². The molecule has 2 aromatic heterocycles. The molecule has 0 amide bonds. The van der Waals surface area contributed by atoms with E-state index in [9.17, 15) is 0 Å². The van der Waals surface area contributed by atoms with Gasteiger partial charge in [-0.15, -0.1) is 11.3 Å². The quantitative estimate of drug-likeness (QED) is 0.156. The number of nitrogens with zero attached hydrogens (tertiary/aromatic N) is 2. The average Bonchev–Trinajstić information content (AvgIpc) is 3.94. The molecule has 2 heterocycles. The van der Waals surface area contributed by atoms with Crippen LogP contribution >= 0.6 is 11.3 Å². The molecule has 0 radical (unpaired) electrons. The van der Waals surface area contributed by atoms with E-state index < -0.39 is 0 Å². The van der Waals surface area contributed by atoms with Crippen molar-refractivity contribution in [2.24, 2.45) is 23.7 Å². The van der Waals surface area contributed by atoms with Crippen LogP contribution in [0.2, 0.25) is 0 Å². The highest BCUT2D eigenvalue weighted by Crippen LogP contribution is 2.65. The Morgan fingerprint density at radius 2 is 1.11 bits per heavy atom. The maximum absolute atomic E-state index is 2.52. The van der Waals surface area contributed by atoms with E-state index in [1.807, 2.05) is 11.3 Å². The van der Waals surface area contributed by atoms with Crippen LogP contribution in [0.1, 0.15) is 44.6 Å². The molecule has 8 aromatic carbocycles. The van der Waals surface area contributed by atoms with E-state index in [4.69, 9.17) is 0 Å². The van der Waals surface area contributed by atoms with Gasteiger partial charge in [0.05, 0.1) is 11.0 Å². The van der Waals surface area contributed by atoms with E-state index in [1.165, 1.54) is 108 Å². The number of hydrogen-bond donors (Lipinski definition) is 0. The van der Waals surface area contributed by atoms with E-state index in [0.29, 0.717) is 5.41 Å². The Morgan fingerprint density at radius 3 is 1.84 bits per heavy atom. The average molecular weight is 817 g/mol. The van der Waals surface area contributed by atoms with Crippen molar-refractivity contribution < 1.29 is 0 Å². The second-order valence-corrected chi connectivity index (χ2v) is 19.9. The highest BCUT2D eigenvalue weighted by molar-refractivity contribution is 7.26. The minimum atomic E-state index is 0.341. The lowest BCUT2D eigenvalue weighted by atomic mass is 9.63. The van der Waals surface area contributed by atoms with E-state index in [2.05, 4.69) is 204 Å². The summed E-state index contributed by atoms with van der Waals surface area (Å²) in [6.07, 6.45) is 7.02. The van der Waals surface area contributed by atoms with Crippen LogP contribution in [0.4, 0.5) is 17.1 Å². The van der Waals surface area contributed by atoms with E-state index in [-0.39, 0.29) is 0 Å². The van der Waals surface area contributed by atoms with Crippen LogP contribution in [0.25, 0.3) is 69.9 Å². The number of anilines is 3. The van der Waals surface area contributed by atoms with Crippen molar-refractivity contribution >= 4 is 70.4 Å². The van der Waals surface area contributed by atoms with Crippen LogP contribution in [-0.4, -0.2) is 4.57 Å². The zero-order valence-corrected chi connectivity index (χ0v) is 35.9. The predicted molar refractivity (Wildman–Crippen MR) is 264 cm³/mol. The summed E-state index contributed by atoms with van der Waals surface area (Å²) in [7, 11) is 0. The molecule has 5 atom stereocenters. The van der Waals surface area contributed by atoms with Crippen molar-refractivity contribution in [3.05, 3.63) is 194 Å². The Kier molecular flexibility index (Phi) is 8.22. The summed E-state index contributed by atoms with van der Waals surface area (Å²) in [6.45, 7) is 2.52. The lowest BCUT2D eigenvalue weighted by Gasteiger charge is -2.42. The number of aromatic nitrogens is 1. The molecule has 3 aliphatic rings. The van der Waals surface area contributed by atoms with Gasteiger partial charge < -0.3 is 9.47 Å². The van der Waals surface area contributed by atoms with Crippen molar-refractivity contribution in [3.8, 4) is 27.9 Å².